The molecule has 2 aromatic carbocycles. The Kier molecular flexibility index (Phi) is 6.06. The van der Waals surface area contributed by atoms with Crippen LogP contribution in [0.25, 0.3) is 5.69 Å². The number of para-hydroxylation sites is 1. The van der Waals surface area contributed by atoms with Gasteiger partial charge in [-0.3, -0.25) is 14.2 Å². The molecule has 3 aromatic rings. The lowest BCUT2D eigenvalue weighted by molar-refractivity contribution is 0.0951. The van der Waals surface area contributed by atoms with Crippen molar-refractivity contribution in [3.05, 3.63) is 81.9 Å². The van der Waals surface area contributed by atoms with Gasteiger partial charge >= 0.3 is 0 Å². The highest BCUT2D eigenvalue weighted by Gasteiger charge is 2.29. The quantitative estimate of drug-likeness (QED) is 0.465. The highest BCUT2D eigenvalue weighted by molar-refractivity contribution is 5.95. The van der Waals surface area contributed by atoms with Crippen molar-refractivity contribution in [3.8, 4) is 11.4 Å². The van der Waals surface area contributed by atoms with Crippen molar-refractivity contribution < 1.29 is 9.53 Å². The molecule has 2 heterocycles. The van der Waals surface area contributed by atoms with Crippen LogP contribution < -0.4 is 26.2 Å². The number of hydrogen-bond donors (Lipinski definition) is 3. The van der Waals surface area contributed by atoms with Gasteiger partial charge in [0.25, 0.3) is 11.5 Å². The lowest BCUT2D eigenvalue weighted by atomic mass is 9.93. The summed E-state index contributed by atoms with van der Waals surface area (Å²) in [6, 6.07) is 13.5. The number of rotatable bonds is 8. The number of anilines is 1. The minimum atomic E-state index is -0.625. The van der Waals surface area contributed by atoms with E-state index in [1.807, 2.05) is 51.1 Å². The number of nitrogens with one attached hydrogen (secondary N) is 3. The van der Waals surface area contributed by atoms with Crippen LogP contribution in [0.5, 0.6) is 5.75 Å². The van der Waals surface area contributed by atoms with E-state index in [-0.39, 0.29) is 29.4 Å². The third-order valence-corrected chi connectivity index (χ3v) is 6.51. The Morgan fingerprint density at radius 2 is 1.94 bits per heavy atom. The summed E-state index contributed by atoms with van der Waals surface area (Å²) in [7, 11) is 0. The van der Waals surface area contributed by atoms with E-state index >= 15 is 0 Å². The molecule has 1 aliphatic carbocycles. The van der Waals surface area contributed by atoms with Gasteiger partial charge in [-0.05, 0) is 57.4 Å². The Balaban J connectivity index is 1.44. The molecule has 1 saturated carbocycles. The zero-order valence-corrected chi connectivity index (χ0v) is 20.3. The maximum atomic E-state index is 13.5. The van der Waals surface area contributed by atoms with Crippen LogP contribution in [0.15, 0.2) is 59.7 Å². The maximum absolute atomic E-state index is 13.5. The van der Waals surface area contributed by atoms with Crippen molar-refractivity contribution in [2.24, 2.45) is 0 Å². The second-order valence-electron chi connectivity index (χ2n) is 9.84. The van der Waals surface area contributed by atoms with Crippen LogP contribution in [-0.4, -0.2) is 40.7 Å². The Hall–Kier alpha value is -3.65. The summed E-state index contributed by atoms with van der Waals surface area (Å²) in [6.07, 6.45) is 5.41. The molecule has 0 atom stereocenters. The van der Waals surface area contributed by atoms with E-state index in [2.05, 4.69) is 20.9 Å². The standard InChI is InChI=1S/C27H31N5O3/c1-17-8-9-18(25(33)30-19-10-11-19)14-22(17)32-13-12-29-24(26(32)34)31-27(2,3)21-6-4-5-7-23(21)35-20-15-28-16-20/h4-9,12-14,19-20,28H,10-11,15-16H2,1-3H3,(H,29,31)(H,30,33). The average molecular weight is 474 g/mol. The molecule has 35 heavy (non-hydrogen) atoms. The van der Waals surface area contributed by atoms with Crippen molar-refractivity contribution >= 4 is 11.7 Å². The monoisotopic (exact) mass is 473 g/mol. The molecule has 1 amide bonds. The average Bonchev–Trinajstić information content (AvgIpc) is 3.62. The Morgan fingerprint density at radius 1 is 1.17 bits per heavy atom. The number of amides is 1. The predicted octanol–water partition coefficient (Wildman–Crippen LogP) is 3.13. The molecule has 0 unspecified atom stereocenters. The molecule has 182 valence electrons. The van der Waals surface area contributed by atoms with Crippen molar-refractivity contribution in [2.75, 3.05) is 18.4 Å². The highest BCUT2D eigenvalue weighted by atomic mass is 16.5. The molecule has 5 rings (SSSR count). The molecule has 8 nitrogen and oxygen atoms in total. The topological polar surface area (TPSA) is 97.3 Å². The van der Waals surface area contributed by atoms with Gasteiger partial charge in [0.15, 0.2) is 5.82 Å². The van der Waals surface area contributed by atoms with E-state index in [4.69, 9.17) is 4.74 Å². The minimum absolute atomic E-state index is 0.117. The summed E-state index contributed by atoms with van der Waals surface area (Å²) in [6.45, 7) is 7.57. The first-order valence-electron chi connectivity index (χ1n) is 12.1. The third kappa shape index (κ3) is 4.93. The van der Waals surface area contributed by atoms with E-state index in [0.29, 0.717) is 11.3 Å². The Bertz CT molecular complexity index is 1310. The first-order valence-corrected chi connectivity index (χ1v) is 12.1. The van der Waals surface area contributed by atoms with Gasteiger partial charge in [0.1, 0.15) is 11.9 Å². The summed E-state index contributed by atoms with van der Waals surface area (Å²) < 4.78 is 7.71. The number of aryl methyl sites for hydroxylation is 1. The largest absolute Gasteiger partial charge is 0.487 e. The summed E-state index contributed by atoms with van der Waals surface area (Å²) in [5, 5.41) is 9.55. The molecule has 3 N–H and O–H groups in total. The molecule has 0 spiro atoms. The van der Waals surface area contributed by atoms with Crippen molar-refractivity contribution in [3.63, 3.8) is 0 Å². The van der Waals surface area contributed by atoms with Crippen LogP contribution in [0.1, 0.15) is 48.2 Å². The maximum Gasteiger partial charge on any atom is 0.297 e. The molecular weight excluding hydrogens is 442 g/mol. The van der Waals surface area contributed by atoms with Crippen molar-refractivity contribution in [2.45, 2.75) is 51.3 Å². The van der Waals surface area contributed by atoms with Crippen LogP contribution in [0.3, 0.4) is 0 Å². The third-order valence-electron chi connectivity index (χ3n) is 6.51. The van der Waals surface area contributed by atoms with Crippen molar-refractivity contribution in [1.82, 2.24) is 20.2 Å². The number of carbonyl (C=O) groups excluding carboxylic acids is 1. The first kappa shape index (κ1) is 23.1. The van der Waals surface area contributed by atoms with E-state index in [1.54, 1.807) is 24.5 Å². The minimum Gasteiger partial charge on any atom is -0.487 e. The lowest BCUT2D eigenvalue weighted by Gasteiger charge is -2.33. The van der Waals surface area contributed by atoms with Gasteiger partial charge in [0, 0.05) is 42.7 Å². The number of carbonyl (C=O) groups is 1. The van der Waals surface area contributed by atoms with Crippen LogP contribution in [0.4, 0.5) is 5.82 Å². The molecule has 1 aromatic heterocycles. The van der Waals surface area contributed by atoms with Crippen LogP contribution in [0, 0.1) is 6.92 Å². The fourth-order valence-electron chi connectivity index (χ4n) is 4.17. The SMILES string of the molecule is Cc1ccc(C(=O)NC2CC2)cc1-n1ccnc(NC(C)(C)c2ccccc2OC2CNC2)c1=O. The van der Waals surface area contributed by atoms with E-state index < -0.39 is 5.54 Å². The van der Waals surface area contributed by atoms with Gasteiger partial charge in [0.2, 0.25) is 0 Å². The zero-order chi connectivity index (χ0) is 24.6. The van der Waals surface area contributed by atoms with Gasteiger partial charge in [-0.15, -0.1) is 0 Å². The fraction of sp³-hybridized carbons (Fsp3) is 0.370. The highest BCUT2D eigenvalue weighted by Crippen LogP contribution is 2.32. The Morgan fingerprint density at radius 3 is 2.66 bits per heavy atom. The predicted molar refractivity (Wildman–Crippen MR) is 135 cm³/mol. The summed E-state index contributed by atoms with van der Waals surface area (Å²) in [5.74, 6) is 0.899. The second-order valence-corrected chi connectivity index (χ2v) is 9.84. The summed E-state index contributed by atoms with van der Waals surface area (Å²) in [4.78, 5) is 30.5. The number of benzene rings is 2. The number of aromatic nitrogens is 2. The normalized spacial score (nSPS) is 15.9. The smallest absolute Gasteiger partial charge is 0.297 e. The fourth-order valence-corrected chi connectivity index (χ4v) is 4.17. The van der Waals surface area contributed by atoms with Crippen LogP contribution >= 0.6 is 0 Å². The van der Waals surface area contributed by atoms with Crippen LogP contribution in [-0.2, 0) is 5.54 Å². The number of nitrogens with zero attached hydrogens (tertiary/aromatic N) is 2. The molecule has 2 aliphatic rings. The molecule has 1 aliphatic heterocycles. The molecule has 0 bridgehead atoms. The van der Waals surface area contributed by atoms with E-state index in [1.165, 1.54) is 4.57 Å². The van der Waals surface area contributed by atoms with E-state index in [9.17, 15) is 9.59 Å². The van der Waals surface area contributed by atoms with Gasteiger partial charge in [0.05, 0.1) is 11.2 Å². The summed E-state index contributed by atoms with van der Waals surface area (Å²) >= 11 is 0. The van der Waals surface area contributed by atoms with Crippen LogP contribution in [0.2, 0.25) is 0 Å². The zero-order valence-electron chi connectivity index (χ0n) is 20.3. The van der Waals surface area contributed by atoms with Gasteiger partial charge in [-0.2, -0.15) is 0 Å². The van der Waals surface area contributed by atoms with Gasteiger partial charge < -0.3 is 20.7 Å². The Labute approximate surface area is 204 Å². The molecule has 0 radical (unpaired) electrons. The molecule has 8 heteroatoms. The first-order chi connectivity index (χ1) is 16.8. The molecule has 1 saturated heterocycles. The molecule has 2 fully saturated rings. The summed E-state index contributed by atoms with van der Waals surface area (Å²) in [5.41, 5.74) is 2.11. The number of hydrogen-bond acceptors (Lipinski definition) is 6. The van der Waals surface area contributed by atoms with Gasteiger partial charge in [-0.1, -0.05) is 24.3 Å². The van der Waals surface area contributed by atoms with Crippen molar-refractivity contribution in [1.29, 1.82) is 0 Å². The second kappa shape index (κ2) is 9.19. The number of ether oxygens (including phenoxy) is 1. The van der Waals surface area contributed by atoms with Gasteiger partial charge in [-0.25, -0.2) is 4.98 Å². The van der Waals surface area contributed by atoms with E-state index in [0.717, 1.165) is 42.8 Å². The lowest BCUT2D eigenvalue weighted by Crippen LogP contribution is -2.50. The molecular formula is C27H31N5O3.